The molecular formula is C32H41N3O4S. The Morgan fingerprint density at radius 2 is 1.40 bits per heavy atom. The van der Waals surface area contributed by atoms with Crippen molar-refractivity contribution < 1.29 is 18.0 Å². The van der Waals surface area contributed by atoms with E-state index in [1.807, 2.05) is 107 Å². The van der Waals surface area contributed by atoms with E-state index in [1.165, 1.54) is 10.6 Å². The van der Waals surface area contributed by atoms with Gasteiger partial charge >= 0.3 is 0 Å². The number of anilines is 1. The molecule has 1 N–H and O–H groups in total. The number of nitrogens with zero attached hydrogens (tertiary/aromatic N) is 2. The van der Waals surface area contributed by atoms with E-state index < -0.39 is 16.1 Å². The minimum Gasteiger partial charge on any atom is -0.352 e. The highest BCUT2D eigenvalue weighted by molar-refractivity contribution is 7.92. The summed E-state index contributed by atoms with van der Waals surface area (Å²) < 4.78 is 26.7. The lowest BCUT2D eigenvalue weighted by Gasteiger charge is -2.32. The van der Waals surface area contributed by atoms with Gasteiger partial charge in [0.2, 0.25) is 21.8 Å². The molecule has 7 nitrogen and oxygen atoms in total. The second-order valence-corrected chi connectivity index (χ2v) is 12.6. The lowest BCUT2D eigenvalue weighted by Crippen LogP contribution is -2.51. The van der Waals surface area contributed by atoms with E-state index in [4.69, 9.17) is 0 Å². The molecule has 0 spiro atoms. The predicted octanol–water partition coefficient (Wildman–Crippen LogP) is 5.01. The molecule has 0 aliphatic rings. The fourth-order valence-electron chi connectivity index (χ4n) is 4.81. The monoisotopic (exact) mass is 563 g/mol. The SMILES string of the molecule is Cc1cc(C)cc(N(CCCC(=O)N(Cc2ccccc2)[C@H](Cc2ccccc2)C(=O)NC(C)C)S(C)(=O)=O)c1. The highest BCUT2D eigenvalue weighted by atomic mass is 32.2. The second kappa shape index (κ2) is 14.1. The Bertz CT molecular complexity index is 1360. The van der Waals surface area contributed by atoms with Crippen molar-refractivity contribution in [2.45, 2.75) is 65.6 Å². The fraction of sp³-hybridized carbons (Fsp3) is 0.375. The Morgan fingerprint density at radius 3 is 1.93 bits per heavy atom. The number of carbonyl (C=O) groups excluding carboxylic acids is 2. The van der Waals surface area contributed by atoms with Crippen LogP contribution < -0.4 is 9.62 Å². The Balaban J connectivity index is 1.87. The van der Waals surface area contributed by atoms with Crippen LogP contribution in [0.25, 0.3) is 0 Å². The van der Waals surface area contributed by atoms with Gasteiger partial charge in [0.1, 0.15) is 6.04 Å². The maximum Gasteiger partial charge on any atom is 0.243 e. The quantitative estimate of drug-likeness (QED) is 0.317. The number of carbonyl (C=O) groups is 2. The van der Waals surface area contributed by atoms with Crippen LogP contribution in [0.4, 0.5) is 5.69 Å². The van der Waals surface area contributed by atoms with Gasteiger partial charge in [0.05, 0.1) is 11.9 Å². The van der Waals surface area contributed by atoms with E-state index in [2.05, 4.69) is 5.32 Å². The van der Waals surface area contributed by atoms with Crippen molar-refractivity contribution in [2.75, 3.05) is 17.1 Å². The molecule has 0 aromatic heterocycles. The van der Waals surface area contributed by atoms with Gasteiger partial charge in [-0.15, -0.1) is 0 Å². The largest absolute Gasteiger partial charge is 0.352 e. The van der Waals surface area contributed by atoms with Crippen LogP contribution >= 0.6 is 0 Å². The highest BCUT2D eigenvalue weighted by Crippen LogP contribution is 2.23. The van der Waals surface area contributed by atoms with Crippen molar-refractivity contribution in [2.24, 2.45) is 0 Å². The lowest BCUT2D eigenvalue weighted by molar-refractivity contribution is -0.141. The third kappa shape index (κ3) is 9.23. The number of benzene rings is 3. The molecule has 40 heavy (non-hydrogen) atoms. The summed E-state index contributed by atoms with van der Waals surface area (Å²) in [6.07, 6.45) is 1.97. The normalized spacial score (nSPS) is 12.2. The molecular weight excluding hydrogens is 522 g/mol. The zero-order valence-electron chi connectivity index (χ0n) is 24.1. The Kier molecular flexibility index (Phi) is 10.9. The second-order valence-electron chi connectivity index (χ2n) is 10.7. The summed E-state index contributed by atoms with van der Waals surface area (Å²) in [4.78, 5) is 28.9. The average molecular weight is 564 g/mol. The van der Waals surface area contributed by atoms with Crippen LogP contribution in [0.2, 0.25) is 0 Å². The number of aryl methyl sites for hydroxylation is 2. The fourth-order valence-corrected chi connectivity index (χ4v) is 5.76. The molecule has 0 radical (unpaired) electrons. The standard InChI is InChI=1S/C32H41N3O4S/c1-24(2)33-32(37)30(22-27-13-8-6-9-14-27)34(23-28-15-10-7-11-16-28)31(36)17-12-18-35(40(5,38)39)29-20-25(3)19-26(4)21-29/h6-11,13-16,19-21,24,30H,12,17-18,22-23H2,1-5H3,(H,33,37)/t30-/m1/s1. The smallest absolute Gasteiger partial charge is 0.243 e. The molecule has 0 aliphatic heterocycles. The molecule has 0 heterocycles. The lowest BCUT2D eigenvalue weighted by atomic mass is 10.0. The first kappa shape index (κ1) is 30.9. The topological polar surface area (TPSA) is 86.8 Å². The summed E-state index contributed by atoms with van der Waals surface area (Å²) in [5.41, 5.74) is 4.39. The highest BCUT2D eigenvalue weighted by Gasteiger charge is 2.31. The summed E-state index contributed by atoms with van der Waals surface area (Å²) >= 11 is 0. The average Bonchev–Trinajstić information content (AvgIpc) is 2.88. The van der Waals surface area contributed by atoms with Crippen LogP contribution in [0, 0.1) is 13.8 Å². The van der Waals surface area contributed by atoms with Gasteiger partial charge in [-0.2, -0.15) is 0 Å². The Morgan fingerprint density at radius 1 is 0.850 bits per heavy atom. The van der Waals surface area contributed by atoms with Crippen molar-refractivity contribution in [3.63, 3.8) is 0 Å². The molecule has 0 saturated carbocycles. The molecule has 2 amide bonds. The van der Waals surface area contributed by atoms with Gasteiger partial charge in [-0.25, -0.2) is 8.42 Å². The van der Waals surface area contributed by atoms with Crippen LogP contribution in [-0.2, 0) is 32.6 Å². The third-order valence-corrected chi connectivity index (χ3v) is 7.74. The summed E-state index contributed by atoms with van der Waals surface area (Å²) in [5.74, 6) is -0.409. The van der Waals surface area contributed by atoms with E-state index in [1.54, 1.807) is 4.90 Å². The Hall–Kier alpha value is -3.65. The van der Waals surface area contributed by atoms with Gasteiger partial charge < -0.3 is 10.2 Å². The maximum absolute atomic E-state index is 13.8. The zero-order chi connectivity index (χ0) is 29.3. The number of sulfonamides is 1. The number of hydrogen-bond donors (Lipinski definition) is 1. The summed E-state index contributed by atoms with van der Waals surface area (Å²) in [7, 11) is -3.56. The van der Waals surface area contributed by atoms with Crippen LogP contribution in [0.15, 0.2) is 78.9 Å². The van der Waals surface area contributed by atoms with E-state index >= 15 is 0 Å². The van der Waals surface area contributed by atoms with E-state index in [0.717, 1.165) is 22.3 Å². The Labute approximate surface area is 239 Å². The summed E-state index contributed by atoms with van der Waals surface area (Å²) in [6, 6.07) is 24.1. The number of rotatable bonds is 13. The summed E-state index contributed by atoms with van der Waals surface area (Å²) in [6.45, 7) is 8.08. The molecule has 0 bridgehead atoms. The van der Waals surface area contributed by atoms with Crippen LogP contribution in [0.1, 0.15) is 48.9 Å². The maximum atomic E-state index is 13.8. The number of hydrogen-bond acceptors (Lipinski definition) is 4. The van der Waals surface area contributed by atoms with Crippen molar-refractivity contribution >= 4 is 27.5 Å². The molecule has 3 aromatic carbocycles. The zero-order valence-corrected chi connectivity index (χ0v) is 24.9. The first-order valence-corrected chi connectivity index (χ1v) is 15.5. The predicted molar refractivity (Wildman–Crippen MR) is 162 cm³/mol. The molecule has 214 valence electrons. The molecule has 1 atom stereocenters. The van der Waals surface area contributed by atoms with E-state index in [9.17, 15) is 18.0 Å². The van der Waals surface area contributed by atoms with Gasteiger partial charge in [-0.1, -0.05) is 66.7 Å². The first-order chi connectivity index (χ1) is 18.9. The first-order valence-electron chi connectivity index (χ1n) is 13.7. The van der Waals surface area contributed by atoms with Crippen LogP contribution in [0.3, 0.4) is 0 Å². The van der Waals surface area contributed by atoms with Crippen molar-refractivity contribution in [1.82, 2.24) is 10.2 Å². The molecule has 0 fully saturated rings. The minimum atomic E-state index is -3.56. The van der Waals surface area contributed by atoms with Crippen molar-refractivity contribution in [1.29, 1.82) is 0 Å². The minimum absolute atomic E-state index is 0.0828. The summed E-state index contributed by atoms with van der Waals surface area (Å²) in [5, 5.41) is 2.99. The van der Waals surface area contributed by atoms with Crippen LogP contribution in [-0.4, -0.2) is 50.0 Å². The molecule has 8 heteroatoms. The van der Waals surface area contributed by atoms with Gasteiger partial charge in [0.15, 0.2) is 0 Å². The van der Waals surface area contributed by atoms with E-state index in [0.29, 0.717) is 18.5 Å². The molecule has 0 aliphatic carbocycles. The molecule has 0 saturated heterocycles. The molecule has 3 aromatic rings. The molecule has 3 rings (SSSR count). The number of nitrogens with one attached hydrogen (secondary N) is 1. The van der Waals surface area contributed by atoms with Gasteiger partial charge in [-0.05, 0) is 68.5 Å². The van der Waals surface area contributed by atoms with Gasteiger partial charge in [0, 0.05) is 32.0 Å². The van der Waals surface area contributed by atoms with Crippen LogP contribution in [0.5, 0.6) is 0 Å². The van der Waals surface area contributed by atoms with Gasteiger partial charge in [-0.3, -0.25) is 13.9 Å². The van der Waals surface area contributed by atoms with Gasteiger partial charge in [0.25, 0.3) is 0 Å². The molecule has 0 unspecified atom stereocenters. The third-order valence-electron chi connectivity index (χ3n) is 6.54. The van der Waals surface area contributed by atoms with Crippen molar-refractivity contribution in [3.05, 3.63) is 101 Å². The van der Waals surface area contributed by atoms with Crippen molar-refractivity contribution in [3.8, 4) is 0 Å². The van der Waals surface area contributed by atoms with E-state index in [-0.39, 0.29) is 37.4 Å². The number of amides is 2.